The van der Waals surface area contributed by atoms with E-state index in [9.17, 15) is 8.42 Å². The Balaban J connectivity index is 2.55. The van der Waals surface area contributed by atoms with E-state index in [0.717, 1.165) is 25.9 Å². The largest absolute Gasteiger partial charge is 0.459 e. The Labute approximate surface area is 80.6 Å². The Hall–Kier alpha value is -0.130. The molecule has 0 radical (unpaired) electrons. The smallest absolute Gasteiger partial charge is 0.211 e. The van der Waals surface area contributed by atoms with E-state index in [1.165, 1.54) is 10.6 Å². The third-order valence-electron chi connectivity index (χ3n) is 2.59. The molecule has 1 rings (SSSR count). The Kier molecular flexibility index (Phi) is 3.32. The SMILES string of the molecule is [CH2-]N1CCC(N(C)S(C)(=O)=O)CC1. The van der Waals surface area contributed by atoms with E-state index in [-0.39, 0.29) is 6.04 Å². The number of hydrogen-bond donors (Lipinski definition) is 0. The molecule has 4 nitrogen and oxygen atoms in total. The predicted molar refractivity (Wildman–Crippen MR) is 52.6 cm³/mol. The van der Waals surface area contributed by atoms with Crippen LogP contribution < -0.4 is 0 Å². The van der Waals surface area contributed by atoms with Gasteiger partial charge in [0.2, 0.25) is 10.0 Å². The van der Waals surface area contributed by atoms with Gasteiger partial charge in [-0.25, -0.2) is 12.7 Å². The van der Waals surface area contributed by atoms with Crippen molar-refractivity contribution in [3.05, 3.63) is 7.05 Å². The van der Waals surface area contributed by atoms with Gasteiger partial charge in [0.25, 0.3) is 0 Å². The quantitative estimate of drug-likeness (QED) is 0.602. The highest BCUT2D eigenvalue weighted by Crippen LogP contribution is 2.16. The molecule has 0 unspecified atom stereocenters. The molecule has 1 fully saturated rings. The molecule has 1 aliphatic rings. The predicted octanol–water partition coefficient (Wildman–Crippen LogP) is 0.134. The maximum Gasteiger partial charge on any atom is 0.211 e. The van der Waals surface area contributed by atoms with Crippen molar-refractivity contribution >= 4 is 10.0 Å². The first kappa shape index (κ1) is 10.9. The molecule has 5 heteroatoms. The van der Waals surface area contributed by atoms with Crippen molar-refractivity contribution in [2.24, 2.45) is 0 Å². The lowest BCUT2D eigenvalue weighted by Crippen LogP contribution is -2.43. The van der Waals surface area contributed by atoms with Crippen LogP contribution in [0.3, 0.4) is 0 Å². The van der Waals surface area contributed by atoms with Crippen LogP contribution in [0.15, 0.2) is 0 Å². The first-order valence-corrected chi connectivity index (χ1v) is 6.24. The standard InChI is InChI=1S/C8H17N2O2S/c1-9-6-4-8(5-7-9)10(2)13(3,11)12/h8H,1,4-7H2,2-3H3/q-1. The van der Waals surface area contributed by atoms with Gasteiger partial charge in [-0.3, -0.25) is 7.05 Å². The lowest BCUT2D eigenvalue weighted by Gasteiger charge is -2.37. The van der Waals surface area contributed by atoms with Crippen LogP contribution in [0, 0.1) is 7.05 Å². The fourth-order valence-electron chi connectivity index (χ4n) is 1.55. The number of hydrogen-bond acceptors (Lipinski definition) is 3. The first-order valence-electron chi connectivity index (χ1n) is 4.39. The Morgan fingerprint density at radius 1 is 1.38 bits per heavy atom. The summed E-state index contributed by atoms with van der Waals surface area (Å²) in [4.78, 5) is 1.98. The summed E-state index contributed by atoms with van der Waals surface area (Å²) in [6, 6.07) is 0.160. The van der Waals surface area contributed by atoms with Crippen LogP contribution in [0.5, 0.6) is 0 Å². The molecule has 0 amide bonds. The lowest BCUT2D eigenvalue weighted by atomic mass is 10.1. The van der Waals surface area contributed by atoms with Crippen LogP contribution in [-0.2, 0) is 10.0 Å². The van der Waals surface area contributed by atoms with Gasteiger partial charge in [0, 0.05) is 13.1 Å². The van der Waals surface area contributed by atoms with Crippen LogP contribution in [0.2, 0.25) is 0 Å². The van der Waals surface area contributed by atoms with Crippen molar-refractivity contribution in [3.8, 4) is 0 Å². The van der Waals surface area contributed by atoms with Gasteiger partial charge >= 0.3 is 0 Å². The molecule has 0 atom stereocenters. The lowest BCUT2D eigenvalue weighted by molar-refractivity contribution is 0.213. The van der Waals surface area contributed by atoms with Crippen LogP contribution in [0.1, 0.15) is 12.8 Å². The third kappa shape index (κ3) is 2.93. The molecule has 1 heterocycles. The summed E-state index contributed by atoms with van der Waals surface area (Å²) in [5.41, 5.74) is 0. The molecule has 0 aromatic heterocycles. The van der Waals surface area contributed by atoms with Crippen molar-refractivity contribution in [2.45, 2.75) is 18.9 Å². The summed E-state index contributed by atoms with van der Waals surface area (Å²) in [7, 11) is 2.44. The van der Waals surface area contributed by atoms with Gasteiger partial charge in [0.15, 0.2) is 0 Å². The van der Waals surface area contributed by atoms with Crippen LogP contribution in [0.4, 0.5) is 0 Å². The molecule has 0 N–H and O–H groups in total. The maximum absolute atomic E-state index is 11.2. The second-order valence-corrected chi connectivity index (χ2v) is 5.67. The molecule has 0 saturated carbocycles. The molecular weight excluding hydrogens is 188 g/mol. The minimum atomic E-state index is -3.03. The van der Waals surface area contributed by atoms with Crippen LogP contribution in [-0.4, -0.2) is 50.1 Å². The van der Waals surface area contributed by atoms with Crippen molar-refractivity contribution in [1.29, 1.82) is 0 Å². The van der Waals surface area contributed by atoms with E-state index < -0.39 is 10.0 Å². The highest BCUT2D eigenvalue weighted by atomic mass is 32.2. The minimum Gasteiger partial charge on any atom is -0.459 e. The fourth-order valence-corrected chi connectivity index (χ4v) is 2.31. The maximum atomic E-state index is 11.2. The molecule has 13 heavy (non-hydrogen) atoms. The van der Waals surface area contributed by atoms with Crippen molar-refractivity contribution in [1.82, 2.24) is 9.21 Å². The van der Waals surface area contributed by atoms with Gasteiger partial charge in [-0.05, 0) is 25.9 Å². The summed E-state index contributed by atoms with van der Waals surface area (Å²) in [5, 5.41) is 0. The van der Waals surface area contributed by atoms with Gasteiger partial charge in [-0.15, -0.1) is 0 Å². The molecule has 0 aromatic carbocycles. The molecule has 0 spiro atoms. The van der Waals surface area contributed by atoms with E-state index in [4.69, 9.17) is 0 Å². The van der Waals surface area contributed by atoms with Gasteiger partial charge in [0.05, 0.1) is 6.26 Å². The first-order chi connectivity index (χ1) is 5.91. The third-order valence-corrected chi connectivity index (χ3v) is 3.94. The zero-order chi connectivity index (χ0) is 10.1. The second kappa shape index (κ2) is 3.94. The Morgan fingerprint density at radius 3 is 2.23 bits per heavy atom. The zero-order valence-corrected chi connectivity index (χ0v) is 9.05. The van der Waals surface area contributed by atoms with E-state index in [1.807, 2.05) is 4.90 Å². The normalized spacial score (nSPS) is 22.5. The number of sulfonamides is 1. The summed E-state index contributed by atoms with van der Waals surface area (Å²) in [6.07, 6.45) is 3.02. The van der Waals surface area contributed by atoms with Crippen molar-refractivity contribution < 1.29 is 8.42 Å². The van der Waals surface area contributed by atoms with Gasteiger partial charge < -0.3 is 4.90 Å². The van der Waals surface area contributed by atoms with E-state index in [1.54, 1.807) is 7.05 Å². The number of nitrogens with zero attached hydrogens (tertiary/aromatic N) is 2. The second-order valence-electron chi connectivity index (χ2n) is 3.63. The van der Waals surface area contributed by atoms with Gasteiger partial charge in [-0.2, -0.15) is 0 Å². The van der Waals surface area contributed by atoms with Gasteiger partial charge in [-0.1, -0.05) is 0 Å². The van der Waals surface area contributed by atoms with Crippen molar-refractivity contribution in [3.63, 3.8) is 0 Å². The molecular formula is C8H17N2O2S-. The minimum absolute atomic E-state index is 0.160. The molecule has 1 aliphatic heterocycles. The van der Waals surface area contributed by atoms with E-state index in [2.05, 4.69) is 7.05 Å². The summed E-state index contributed by atoms with van der Waals surface area (Å²) >= 11 is 0. The molecule has 0 aliphatic carbocycles. The Bertz CT molecular complexity index is 255. The molecule has 1 saturated heterocycles. The number of rotatable bonds is 2. The highest BCUT2D eigenvalue weighted by Gasteiger charge is 2.24. The topological polar surface area (TPSA) is 40.6 Å². The zero-order valence-electron chi connectivity index (χ0n) is 8.23. The fraction of sp³-hybridized carbons (Fsp3) is 0.875. The number of piperidine rings is 1. The van der Waals surface area contributed by atoms with Gasteiger partial charge in [0.1, 0.15) is 0 Å². The van der Waals surface area contributed by atoms with Crippen LogP contribution in [0.25, 0.3) is 0 Å². The average molecular weight is 205 g/mol. The Morgan fingerprint density at radius 2 is 1.85 bits per heavy atom. The highest BCUT2D eigenvalue weighted by molar-refractivity contribution is 7.88. The summed E-state index contributed by atoms with van der Waals surface area (Å²) in [5.74, 6) is 0. The monoisotopic (exact) mass is 205 g/mol. The summed E-state index contributed by atoms with van der Waals surface area (Å²) < 4.78 is 23.9. The van der Waals surface area contributed by atoms with E-state index in [0.29, 0.717) is 0 Å². The number of likely N-dealkylation sites (tertiary alicyclic amines) is 1. The molecule has 0 aromatic rings. The molecule has 0 bridgehead atoms. The summed E-state index contributed by atoms with van der Waals surface area (Å²) in [6.45, 7) is 1.76. The molecule has 78 valence electrons. The van der Waals surface area contributed by atoms with Crippen molar-refractivity contribution in [2.75, 3.05) is 26.4 Å². The average Bonchev–Trinajstić information content (AvgIpc) is 2.03. The van der Waals surface area contributed by atoms with E-state index >= 15 is 0 Å². The van der Waals surface area contributed by atoms with Crippen LogP contribution >= 0.6 is 0 Å².